The van der Waals surface area contributed by atoms with Crippen molar-refractivity contribution < 1.29 is 4.79 Å². The van der Waals surface area contributed by atoms with Gasteiger partial charge in [0.15, 0.2) is 0 Å². The number of likely N-dealkylation sites (tertiary alicyclic amines) is 1. The Morgan fingerprint density at radius 3 is 2.73 bits per heavy atom. The summed E-state index contributed by atoms with van der Waals surface area (Å²) < 4.78 is 2.21. The van der Waals surface area contributed by atoms with Crippen LogP contribution in [0.4, 0.5) is 0 Å². The number of carbonyl (C=O) groups is 1. The first-order chi connectivity index (χ1) is 12.4. The summed E-state index contributed by atoms with van der Waals surface area (Å²) in [6.07, 6.45) is 1.09. The van der Waals surface area contributed by atoms with E-state index >= 15 is 0 Å². The second-order valence-electron chi connectivity index (χ2n) is 7.83. The lowest BCUT2D eigenvalue weighted by atomic mass is 10.0. The molecule has 4 nitrogen and oxygen atoms in total. The third-order valence-corrected chi connectivity index (χ3v) is 5.52. The second-order valence-corrected chi connectivity index (χ2v) is 7.83. The maximum absolute atomic E-state index is 13.1. The van der Waals surface area contributed by atoms with Gasteiger partial charge in [0.05, 0.1) is 5.56 Å². The van der Waals surface area contributed by atoms with Crippen LogP contribution in [-0.2, 0) is 0 Å². The van der Waals surface area contributed by atoms with Gasteiger partial charge in [-0.25, -0.2) is 0 Å². The minimum absolute atomic E-state index is 0.169. The van der Waals surface area contributed by atoms with Gasteiger partial charge in [-0.3, -0.25) is 4.79 Å². The zero-order valence-corrected chi connectivity index (χ0v) is 16.7. The average molecular weight is 354 g/mol. The Labute approximate surface area is 157 Å². The molecule has 1 aliphatic heterocycles. The Kier molecular flexibility index (Phi) is 5.52. The minimum Gasteiger partial charge on any atom is -0.338 e. The number of aryl methyl sites for hydroxylation is 1. The molecule has 1 N–H and O–H groups in total. The molecule has 2 heterocycles. The largest absolute Gasteiger partial charge is 0.338 e. The van der Waals surface area contributed by atoms with E-state index in [0.29, 0.717) is 11.8 Å². The third-order valence-electron chi connectivity index (χ3n) is 5.52. The summed E-state index contributed by atoms with van der Waals surface area (Å²) in [7, 11) is 1.98. The van der Waals surface area contributed by atoms with Crippen molar-refractivity contribution in [2.75, 3.05) is 26.7 Å². The predicted octanol–water partition coefficient (Wildman–Crippen LogP) is 3.90. The quantitative estimate of drug-likeness (QED) is 0.885. The highest BCUT2D eigenvalue weighted by atomic mass is 16.2. The highest BCUT2D eigenvalue weighted by Crippen LogP contribution is 2.26. The van der Waals surface area contributed by atoms with Gasteiger partial charge in [-0.2, -0.15) is 0 Å². The van der Waals surface area contributed by atoms with Crippen LogP contribution in [0.1, 0.15) is 53.5 Å². The molecule has 1 amide bonds. The van der Waals surface area contributed by atoms with Crippen LogP contribution in [0.15, 0.2) is 30.3 Å². The van der Waals surface area contributed by atoms with Gasteiger partial charge in [0, 0.05) is 30.2 Å². The number of rotatable bonds is 5. The molecule has 4 heteroatoms. The molecule has 0 radical (unpaired) electrons. The Balaban J connectivity index is 1.89. The fraction of sp³-hybridized carbons (Fsp3) is 0.500. The molecule has 1 aliphatic rings. The maximum Gasteiger partial charge on any atom is 0.255 e. The summed E-state index contributed by atoms with van der Waals surface area (Å²) in [5.74, 6) is 1.22. The molecule has 0 bridgehead atoms. The Hall–Kier alpha value is -2.07. The number of carbonyl (C=O) groups excluding carboxylic acids is 1. The molecule has 26 heavy (non-hydrogen) atoms. The first kappa shape index (κ1) is 18.7. The Morgan fingerprint density at radius 2 is 2.04 bits per heavy atom. The van der Waals surface area contributed by atoms with Crippen LogP contribution < -0.4 is 5.32 Å². The number of aromatic nitrogens is 1. The van der Waals surface area contributed by atoms with Crippen LogP contribution in [0, 0.1) is 19.8 Å². The van der Waals surface area contributed by atoms with Gasteiger partial charge in [-0.05, 0) is 69.5 Å². The van der Waals surface area contributed by atoms with Gasteiger partial charge in [-0.1, -0.05) is 26.0 Å². The smallest absolute Gasteiger partial charge is 0.255 e. The molecule has 1 aromatic heterocycles. The zero-order chi connectivity index (χ0) is 18.8. The van der Waals surface area contributed by atoms with E-state index in [1.54, 1.807) is 0 Å². The molecule has 1 aromatic carbocycles. The van der Waals surface area contributed by atoms with E-state index in [4.69, 9.17) is 0 Å². The van der Waals surface area contributed by atoms with Gasteiger partial charge in [0.1, 0.15) is 0 Å². The first-order valence-electron chi connectivity index (χ1n) is 9.65. The van der Waals surface area contributed by atoms with E-state index in [9.17, 15) is 4.79 Å². The van der Waals surface area contributed by atoms with E-state index in [0.717, 1.165) is 48.7 Å². The van der Waals surface area contributed by atoms with E-state index in [-0.39, 0.29) is 5.91 Å². The monoisotopic (exact) mass is 353 g/mol. The maximum atomic E-state index is 13.1. The Bertz CT molecular complexity index is 791. The number of amides is 1. The Morgan fingerprint density at radius 1 is 1.27 bits per heavy atom. The van der Waals surface area contributed by atoms with E-state index < -0.39 is 0 Å². The van der Waals surface area contributed by atoms with Gasteiger partial charge in [0.2, 0.25) is 0 Å². The molecule has 3 rings (SSSR count). The van der Waals surface area contributed by atoms with Crippen molar-refractivity contribution in [3.63, 3.8) is 0 Å². The zero-order valence-electron chi connectivity index (χ0n) is 16.7. The number of nitrogens with one attached hydrogen (secondary N) is 1. The minimum atomic E-state index is 0.169. The molecule has 1 saturated heterocycles. The molecule has 1 unspecified atom stereocenters. The van der Waals surface area contributed by atoms with Crippen molar-refractivity contribution in [1.82, 2.24) is 14.8 Å². The molecule has 140 valence electrons. The summed E-state index contributed by atoms with van der Waals surface area (Å²) in [6.45, 7) is 11.2. The van der Waals surface area contributed by atoms with Gasteiger partial charge < -0.3 is 14.8 Å². The van der Waals surface area contributed by atoms with Crippen molar-refractivity contribution in [2.45, 2.75) is 40.0 Å². The molecule has 0 spiro atoms. The standard InChI is InChI=1S/C22H31N3O/c1-15(2)19-7-6-8-20(12-19)25-16(3)11-21(17(25)4)22(26)24-10-9-18(14-24)13-23-5/h6-8,11-12,15,18,23H,9-10,13-14H2,1-5H3. The SMILES string of the molecule is CNCC1CCN(C(=O)c2cc(C)n(-c3cccc(C(C)C)c3)c2C)C1. The molecule has 2 aromatic rings. The van der Waals surface area contributed by atoms with Crippen LogP contribution in [-0.4, -0.2) is 42.1 Å². The predicted molar refractivity (Wildman–Crippen MR) is 107 cm³/mol. The number of hydrogen-bond acceptors (Lipinski definition) is 2. The fourth-order valence-electron chi connectivity index (χ4n) is 4.04. The fourth-order valence-corrected chi connectivity index (χ4v) is 4.04. The number of nitrogens with zero attached hydrogens (tertiary/aromatic N) is 2. The molecular weight excluding hydrogens is 322 g/mol. The first-order valence-corrected chi connectivity index (χ1v) is 9.65. The van der Waals surface area contributed by atoms with Crippen LogP contribution in [0.5, 0.6) is 0 Å². The summed E-state index contributed by atoms with van der Waals surface area (Å²) in [6, 6.07) is 10.7. The van der Waals surface area contributed by atoms with E-state index in [1.165, 1.54) is 5.56 Å². The summed E-state index contributed by atoms with van der Waals surface area (Å²) in [4.78, 5) is 15.1. The van der Waals surface area contributed by atoms with Crippen LogP contribution in [0.3, 0.4) is 0 Å². The highest BCUT2D eigenvalue weighted by Gasteiger charge is 2.28. The van der Waals surface area contributed by atoms with Crippen LogP contribution in [0.25, 0.3) is 5.69 Å². The van der Waals surface area contributed by atoms with Crippen LogP contribution in [0.2, 0.25) is 0 Å². The van der Waals surface area contributed by atoms with Gasteiger partial charge >= 0.3 is 0 Å². The van der Waals surface area contributed by atoms with Crippen molar-refractivity contribution in [3.8, 4) is 5.69 Å². The van der Waals surface area contributed by atoms with Crippen molar-refractivity contribution >= 4 is 5.91 Å². The number of hydrogen-bond donors (Lipinski definition) is 1. The third kappa shape index (κ3) is 3.56. The summed E-state index contributed by atoms with van der Waals surface area (Å²) in [5, 5.41) is 3.23. The highest BCUT2D eigenvalue weighted by molar-refractivity contribution is 5.96. The van der Waals surface area contributed by atoms with E-state index in [1.807, 2.05) is 18.0 Å². The van der Waals surface area contributed by atoms with Gasteiger partial charge in [0.25, 0.3) is 5.91 Å². The molecular formula is C22H31N3O. The summed E-state index contributed by atoms with van der Waals surface area (Å²) >= 11 is 0. The average Bonchev–Trinajstić information content (AvgIpc) is 3.19. The van der Waals surface area contributed by atoms with Crippen molar-refractivity contribution in [1.29, 1.82) is 0 Å². The van der Waals surface area contributed by atoms with Crippen LogP contribution >= 0.6 is 0 Å². The number of benzene rings is 1. The summed E-state index contributed by atoms with van der Waals surface area (Å²) in [5.41, 5.74) is 5.43. The lowest BCUT2D eigenvalue weighted by Gasteiger charge is -2.17. The molecule has 1 atom stereocenters. The normalized spacial score (nSPS) is 17.3. The lowest BCUT2D eigenvalue weighted by Crippen LogP contribution is -2.30. The lowest BCUT2D eigenvalue weighted by molar-refractivity contribution is 0.0786. The van der Waals surface area contributed by atoms with Gasteiger partial charge in [-0.15, -0.1) is 0 Å². The second kappa shape index (κ2) is 7.67. The van der Waals surface area contributed by atoms with Crippen molar-refractivity contribution in [3.05, 3.63) is 52.8 Å². The molecule has 1 fully saturated rings. The van der Waals surface area contributed by atoms with E-state index in [2.05, 4.69) is 61.8 Å². The molecule has 0 aliphatic carbocycles. The van der Waals surface area contributed by atoms with Crippen molar-refractivity contribution in [2.24, 2.45) is 5.92 Å². The topological polar surface area (TPSA) is 37.3 Å². The molecule has 0 saturated carbocycles.